The fourth-order valence-corrected chi connectivity index (χ4v) is 3.36. The number of amides is 2. The Bertz CT molecular complexity index is 947. The number of halogens is 1. The Morgan fingerprint density at radius 1 is 1.13 bits per heavy atom. The van der Waals surface area contributed by atoms with Crippen molar-refractivity contribution in [2.75, 3.05) is 37.6 Å². The van der Waals surface area contributed by atoms with E-state index in [9.17, 15) is 14.4 Å². The molecule has 8 nitrogen and oxygen atoms in total. The molecule has 2 aromatic rings. The van der Waals surface area contributed by atoms with Crippen molar-refractivity contribution in [2.24, 2.45) is 5.92 Å². The van der Waals surface area contributed by atoms with Crippen LogP contribution in [0.25, 0.3) is 0 Å². The van der Waals surface area contributed by atoms with Crippen LogP contribution in [0.5, 0.6) is 11.5 Å². The molecule has 0 aliphatic carbocycles. The van der Waals surface area contributed by atoms with Gasteiger partial charge in [0.15, 0.2) is 6.61 Å². The van der Waals surface area contributed by atoms with Gasteiger partial charge in [-0.05, 0) is 36.4 Å². The molecule has 3 rings (SSSR count). The zero-order chi connectivity index (χ0) is 21.7. The van der Waals surface area contributed by atoms with Gasteiger partial charge in [0.2, 0.25) is 5.91 Å². The molecule has 0 spiro atoms. The summed E-state index contributed by atoms with van der Waals surface area (Å²) in [7, 11) is 3.03. The molecule has 2 aromatic carbocycles. The smallest absolute Gasteiger partial charge is 0.311 e. The summed E-state index contributed by atoms with van der Waals surface area (Å²) >= 11 is 3.31. The number of carbonyl (C=O) groups excluding carboxylic acids is 3. The number of hydrogen-bond donors (Lipinski definition) is 1. The van der Waals surface area contributed by atoms with Gasteiger partial charge >= 0.3 is 5.97 Å². The standard InChI is InChI=1S/C21H21BrN2O6/c1-28-16-7-8-18(29-2)17(10-16)24-11-13(9-20(24)26)21(27)30-12-19(25)23-15-5-3-14(22)4-6-15/h3-8,10,13H,9,11-12H2,1-2H3,(H,23,25)/t13-/m1/s1. The highest BCUT2D eigenvalue weighted by Gasteiger charge is 2.37. The molecule has 1 N–H and O–H groups in total. The monoisotopic (exact) mass is 476 g/mol. The van der Waals surface area contributed by atoms with Crippen molar-refractivity contribution in [1.29, 1.82) is 0 Å². The van der Waals surface area contributed by atoms with Crippen molar-refractivity contribution in [3.63, 3.8) is 0 Å². The van der Waals surface area contributed by atoms with Gasteiger partial charge in [0, 0.05) is 29.2 Å². The molecule has 158 valence electrons. The van der Waals surface area contributed by atoms with Crippen molar-refractivity contribution in [3.8, 4) is 11.5 Å². The SMILES string of the molecule is COc1ccc(OC)c(N2C[C@H](C(=O)OCC(=O)Nc3ccc(Br)cc3)CC2=O)c1. The zero-order valence-electron chi connectivity index (χ0n) is 16.5. The summed E-state index contributed by atoms with van der Waals surface area (Å²) in [6.07, 6.45) is -0.00642. The normalized spacial score (nSPS) is 15.6. The molecule has 1 fully saturated rings. The second-order valence-corrected chi connectivity index (χ2v) is 7.52. The third-order valence-corrected chi connectivity index (χ3v) is 5.14. The number of rotatable bonds is 7. The lowest BCUT2D eigenvalue weighted by Crippen LogP contribution is -2.28. The number of nitrogens with one attached hydrogen (secondary N) is 1. The number of anilines is 2. The first kappa shape index (κ1) is 21.6. The Labute approximate surface area is 182 Å². The summed E-state index contributed by atoms with van der Waals surface area (Å²) in [5, 5.41) is 2.64. The second kappa shape index (κ2) is 9.62. The number of carbonyl (C=O) groups is 3. The van der Waals surface area contributed by atoms with Gasteiger partial charge in [-0.1, -0.05) is 15.9 Å². The van der Waals surface area contributed by atoms with E-state index >= 15 is 0 Å². The molecule has 1 atom stereocenters. The molecule has 1 aliphatic heterocycles. The first-order valence-corrected chi connectivity index (χ1v) is 9.95. The highest BCUT2D eigenvalue weighted by molar-refractivity contribution is 9.10. The first-order valence-electron chi connectivity index (χ1n) is 9.15. The van der Waals surface area contributed by atoms with Gasteiger partial charge in [0.05, 0.1) is 25.8 Å². The minimum Gasteiger partial charge on any atom is -0.497 e. The predicted molar refractivity (Wildman–Crippen MR) is 114 cm³/mol. The molecule has 0 radical (unpaired) electrons. The van der Waals surface area contributed by atoms with Gasteiger partial charge < -0.3 is 24.4 Å². The Morgan fingerprint density at radius 2 is 1.87 bits per heavy atom. The zero-order valence-corrected chi connectivity index (χ0v) is 18.1. The Morgan fingerprint density at radius 3 is 2.53 bits per heavy atom. The van der Waals surface area contributed by atoms with E-state index in [1.807, 2.05) is 0 Å². The quantitative estimate of drug-likeness (QED) is 0.617. The Hall–Kier alpha value is -3.07. The van der Waals surface area contributed by atoms with Crippen LogP contribution in [0.4, 0.5) is 11.4 Å². The Balaban J connectivity index is 1.58. The first-order chi connectivity index (χ1) is 14.4. The van der Waals surface area contributed by atoms with Gasteiger partial charge in [-0.25, -0.2) is 0 Å². The van der Waals surface area contributed by atoms with Crippen molar-refractivity contribution >= 4 is 45.1 Å². The van der Waals surface area contributed by atoms with Crippen LogP contribution < -0.4 is 19.7 Å². The largest absolute Gasteiger partial charge is 0.497 e. The average Bonchev–Trinajstić information content (AvgIpc) is 3.14. The van der Waals surface area contributed by atoms with Crippen LogP contribution in [0.3, 0.4) is 0 Å². The molecule has 1 aliphatic rings. The lowest BCUT2D eigenvalue weighted by Gasteiger charge is -2.20. The van der Waals surface area contributed by atoms with Gasteiger partial charge in [0.1, 0.15) is 11.5 Å². The highest BCUT2D eigenvalue weighted by Crippen LogP contribution is 2.36. The summed E-state index contributed by atoms with van der Waals surface area (Å²) in [5.74, 6) is -0.905. The van der Waals surface area contributed by atoms with E-state index < -0.39 is 24.4 Å². The summed E-state index contributed by atoms with van der Waals surface area (Å²) in [5.41, 5.74) is 1.11. The van der Waals surface area contributed by atoms with Crippen molar-refractivity contribution in [3.05, 3.63) is 46.9 Å². The molecular weight excluding hydrogens is 456 g/mol. The molecule has 30 heavy (non-hydrogen) atoms. The third-order valence-electron chi connectivity index (χ3n) is 4.61. The topological polar surface area (TPSA) is 94.2 Å². The van der Waals surface area contributed by atoms with Crippen LogP contribution in [-0.4, -0.2) is 45.2 Å². The second-order valence-electron chi connectivity index (χ2n) is 6.61. The number of methoxy groups -OCH3 is 2. The van der Waals surface area contributed by atoms with Gasteiger partial charge in [-0.15, -0.1) is 0 Å². The Kier molecular flexibility index (Phi) is 6.94. The molecule has 2 amide bonds. The third kappa shape index (κ3) is 5.10. The van der Waals surface area contributed by atoms with Crippen molar-refractivity contribution < 1.29 is 28.6 Å². The number of benzene rings is 2. The number of esters is 1. The van der Waals surface area contributed by atoms with Crippen molar-refractivity contribution in [1.82, 2.24) is 0 Å². The molecule has 9 heteroatoms. The maximum absolute atomic E-state index is 12.5. The van der Waals surface area contributed by atoms with Crippen LogP contribution in [-0.2, 0) is 19.1 Å². The minimum atomic E-state index is -0.672. The van der Waals surface area contributed by atoms with E-state index in [1.54, 1.807) is 42.5 Å². The van der Waals surface area contributed by atoms with Gasteiger partial charge in [-0.3, -0.25) is 14.4 Å². The average molecular weight is 477 g/mol. The van der Waals surface area contributed by atoms with Gasteiger partial charge in [-0.2, -0.15) is 0 Å². The maximum atomic E-state index is 12.5. The molecule has 1 saturated heterocycles. The molecule has 0 saturated carbocycles. The summed E-state index contributed by atoms with van der Waals surface area (Å²) < 4.78 is 16.5. The number of hydrogen-bond acceptors (Lipinski definition) is 6. The number of nitrogens with zero attached hydrogens (tertiary/aromatic N) is 1. The predicted octanol–water partition coefficient (Wildman–Crippen LogP) is 3.00. The summed E-state index contributed by atoms with van der Waals surface area (Å²) in [6, 6.07) is 12.1. The van der Waals surface area contributed by atoms with Crippen LogP contribution in [0, 0.1) is 5.92 Å². The summed E-state index contributed by atoms with van der Waals surface area (Å²) in [4.78, 5) is 38.4. The number of ether oxygens (including phenoxy) is 3. The van der Waals surface area contributed by atoms with Crippen LogP contribution in [0.1, 0.15) is 6.42 Å². The minimum absolute atomic E-state index is 0.00642. The lowest BCUT2D eigenvalue weighted by atomic mass is 10.1. The maximum Gasteiger partial charge on any atom is 0.311 e. The molecule has 1 heterocycles. The van der Waals surface area contributed by atoms with E-state index in [1.165, 1.54) is 19.1 Å². The summed E-state index contributed by atoms with van der Waals surface area (Å²) in [6.45, 7) is -0.294. The van der Waals surface area contributed by atoms with E-state index in [0.29, 0.717) is 22.9 Å². The van der Waals surface area contributed by atoms with E-state index in [2.05, 4.69) is 21.2 Å². The molecule has 0 unspecified atom stereocenters. The van der Waals surface area contributed by atoms with E-state index in [0.717, 1.165) is 4.47 Å². The highest BCUT2D eigenvalue weighted by atomic mass is 79.9. The molecule has 0 aromatic heterocycles. The fourth-order valence-electron chi connectivity index (χ4n) is 3.09. The van der Waals surface area contributed by atoms with Crippen LogP contribution in [0.2, 0.25) is 0 Å². The molecule has 0 bridgehead atoms. The van der Waals surface area contributed by atoms with E-state index in [4.69, 9.17) is 14.2 Å². The molecular formula is C21H21BrN2O6. The van der Waals surface area contributed by atoms with Crippen LogP contribution >= 0.6 is 15.9 Å². The lowest BCUT2D eigenvalue weighted by molar-refractivity contribution is -0.151. The van der Waals surface area contributed by atoms with Crippen molar-refractivity contribution in [2.45, 2.75) is 6.42 Å². The van der Waals surface area contributed by atoms with E-state index in [-0.39, 0.29) is 18.9 Å². The van der Waals surface area contributed by atoms with Gasteiger partial charge in [0.25, 0.3) is 5.91 Å². The fraction of sp³-hybridized carbons (Fsp3) is 0.286. The van der Waals surface area contributed by atoms with Crippen LogP contribution in [0.15, 0.2) is 46.9 Å².